The van der Waals surface area contributed by atoms with E-state index in [2.05, 4.69) is 0 Å². The van der Waals surface area contributed by atoms with Gasteiger partial charge in [-0.2, -0.15) is 5.26 Å². The second kappa shape index (κ2) is 4.58. The first-order chi connectivity index (χ1) is 7.04. The lowest BCUT2D eigenvalue weighted by Gasteiger charge is -2.10. The minimum absolute atomic E-state index is 0.131. The number of hydrogen-bond acceptors (Lipinski definition) is 3. The second-order valence-electron chi connectivity index (χ2n) is 3.39. The molecule has 0 spiro atoms. The van der Waals surface area contributed by atoms with E-state index in [1.807, 2.05) is 13.0 Å². The highest BCUT2D eigenvalue weighted by Crippen LogP contribution is 2.17. The van der Waals surface area contributed by atoms with Crippen LogP contribution in [-0.4, -0.2) is 11.1 Å². The molecule has 3 N–H and O–H groups in total. The van der Waals surface area contributed by atoms with Crippen LogP contribution in [0.2, 0.25) is 0 Å². The van der Waals surface area contributed by atoms with Crippen molar-refractivity contribution in [1.82, 2.24) is 0 Å². The molecule has 15 heavy (non-hydrogen) atoms. The highest BCUT2D eigenvalue weighted by Gasteiger charge is 2.11. The number of carboxylic acids is 1. The van der Waals surface area contributed by atoms with Crippen LogP contribution in [0.4, 0.5) is 0 Å². The zero-order valence-electron chi connectivity index (χ0n) is 8.40. The molecule has 0 aliphatic heterocycles. The van der Waals surface area contributed by atoms with Gasteiger partial charge in [0.2, 0.25) is 0 Å². The van der Waals surface area contributed by atoms with E-state index >= 15 is 0 Å². The zero-order valence-corrected chi connectivity index (χ0v) is 8.40. The van der Waals surface area contributed by atoms with Crippen LogP contribution < -0.4 is 5.73 Å². The van der Waals surface area contributed by atoms with Crippen LogP contribution in [0.5, 0.6) is 0 Å². The highest BCUT2D eigenvalue weighted by atomic mass is 16.4. The Morgan fingerprint density at radius 2 is 2.33 bits per heavy atom. The van der Waals surface area contributed by atoms with E-state index in [4.69, 9.17) is 16.1 Å². The number of nitrogens with two attached hydrogens (primary N) is 1. The van der Waals surface area contributed by atoms with Crippen molar-refractivity contribution < 1.29 is 9.90 Å². The number of hydrogen-bond donors (Lipinski definition) is 2. The average molecular weight is 204 g/mol. The molecule has 0 saturated heterocycles. The van der Waals surface area contributed by atoms with Crippen LogP contribution in [0.25, 0.3) is 0 Å². The monoisotopic (exact) mass is 204 g/mol. The Balaban J connectivity index is 2.96. The molecule has 1 atom stereocenters. The summed E-state index contributed by atoms with van der Waals surface area (Å²) in [6.45, 7) is 1.82. The van der Waals surface area contributed by atoms with Gasteiger partial charge in [-0.15, -0.1) is 0 Å². The van der Waals surface area contributed by atoms with Crippen LogP contribution in [0.15, 0.2) is 18.2 Å². The molecule has 1 aromatic rings. The van der Waals surface area contributed by atoms with Crippen molar-refractivity contribution in [1.29, 1.82) is 5.26 Å². The number of nitrogens with zero attached hydrogens (tertiary/aromatic N) is 1. The van der Waals surface area contributed by atoms with Gasteiger partial charge in [0, 0.05) is 6.04 Å². The van der Waals surface area contributed by atoms with Gasteiger partial charge in [0.1, 0.15) is 0 Å². The Bertz CT molecular complexity index is 421. The highest BCUT2D eigenvalue weighted by molar-refractivity contribution is 5.68. The van der Waals surface area contributed by atoms with E-state index in [0.717, 1.165) is 5.56 Å². The van der Waals surface area contributed by atoms with Gasteiger partial charge in [0.05, 0.1) is 18.1 Å². The quantitative estimate of drug-likeness (QED) is 0.777. The minimum Gasteiger partial charge on any atom is -0.481 e. The van der Waals surface area contributed by atoms with Crippen molar-refractivity contribution in [2.45, 2.75) is 19.4 Å². The maximum absolute atomic E-state index is 10.5. The van der Waals surface area contributed by atoms with Crippen molar-refractivity contribution in [3.05, 3.63) is 34.9 Å². The van der Waals surface area contributed by atoms with Gasteiger partial charge in [-0.05, 0) is 24.1 Å². The molecule has 1 aromatic carbocycles. The van der Waals surface area contributed by atoms with Crippen molar-refractivity contribution >= 4 is 5.97 Å². The molecule has 78 valence electrons. The maximum atomic E-state index is 10.5. The molecule has 0 fully saturated rings. The number of carboxylic acid groups (broad SMARTS) is 1. The van der Waals surface area contributed by atoms with Gasteiger partial charge in [-0.3, -0.25) is 4.79 Å². The summed E-state index contributed by atoms with van der Waals surface area (Å²) in [5.74, 6) is -0.943. The Morgan fingerprint density at radius 3 is 2.87 bits per heavy atom. The van der Waals surface area contributed by atoms with E-state index in [-0.39, 0.29) is 6.42 Å². The molecule has 0 aliphatic carbocycles. The molecule has 0 heterocycles. The predicted molar refractivity (Wildman–Crippen MR) is 55.1 cm³/mol. The fraction of sp³-hybridized carbons (Fsp3) is 0.273. The molecule has 0 aromatic heterocycles. The van der Waals surface area contributed by atoms with Crippen LogP contribution >= 0.6 is 0 Å². The SMILES string of the molecule is Cc1ccc(C(N)CC(=O)O)cc1C#N. The number of nitriles is 1. The summed E-state index contributed by atoms with van der Waals surface area (Å²) in [6, 6.07) is 6.65. The Morgan fingerprint density at radius 1 is 1.67 bits per heavy atom. The smallest absolute Gasteiger partial charge is 0.305 e. The molecular weight excluding hydrogens is 192 g/mol. The zero-order chi connectivity index (χ0) is 11.4. The first-order valence-electron chi connectivity index (χ1n) is 4.52. The third kappa shape index (κ3) is 2.79. The van der Waals surface area contributed by atoms with E-state index in [1.165, 1.54) is 0 Å². The predicted octanol–water partition coefficient (Wildman–Crippen LogP) is 1.34. The first-order valence-corrected chi connectivity index (χ1v) is 4.52. The summed E-state index contributed by atoms with van der Waals surface area (Å²) in [7, 11) is 0. The molecule has 0 bridgehead atoms. The fourth-order valence-electron chi connectivity index (χ4n) is 1.30. The van der Waals surface area contributed by atoms with Crippen LogP contribution in [0, 0.1) is 18.3 Å². The number of aryl methyl sites for hydroxylation is 1. The molecule has 0 amide bonds. The molecule has 4 heteroatoms. The summed E-state index contributed by atoms with van der Waals surface area (Å²) in [6.07, 6.45) is -0.131. The minimum atomic E-state index is -0.943. The summed E-state index contributed by atoms with van der Waals surface area (Å²) in [5, 5.41) is 17.4. The van der Waals surface area contributed by atoms with E-state index in [0.29, 0.717) is 11.1 Å². The lowest BCUT2D eigenvalue weighted by atomic mass is 9.99. The number of rotatable bonds is 3. The molecule has 1 rings (SSSR count). The van der Waals surface area contributed by atoms with Crippen LogP contribution in [0.1, 0.15) is 29.2 Å². The Hall–Kier alpha value is -1.86. The lowest BCUT2D eigenvalue weighted by Crippen LogP contribution is -2.15. The second-order valence-corrected chi connectivity index (χ2v) is 3.39. The number of benzene rings is 1. The molecule has 0 radical (unpaired) electrons. The van der Waals surface area contributed by atoms with Crippen LogP contribution in [-0.2, 0) is 4.79 Å². The first kappa shape index (κ1) is 11.2. The van der Waals surface area contributed by atoms with E-state index < -0.39 is 12.0 Å². The van der Waals surface area contributed by atoms with Crippen molar-refractivity contribution in [3.8, 4) is 6.07 Å². The summed E-state index contributed by atoms with van der Waals surface area (Å²) in [5.41, 5.74) is 7.76. The van der Waals surface area contributed by atoms with E-state index in [1.54, 1.807) is 18.2 Å². The average Bonchev–Trinajstić information content (AvgIpc) is 2.17. The molecule has 0 aliphatic rings. The molecule has 0 saturated carbocycles. The van der Waals surface area contributed by atoms with Gasteiger partial charge in [-0.1, -0.05) is 12.1 Å². The number of aliphatic carboxylic acids is 1. The van der Waals surface area contributed by atoms with Gasteiger partial charge in [0.25, 0.3) is 0 Å². The fourth-order valence-corrected chi connectivity index (χ4v) is 1.30. The van der Waals surface area contributed by atoms with Gasteiger partial charge in [-0.25, -0.2) is 0 Å². The van der Waals surface area contributed by atoms with Gasteiger partial charge < -0.3 is 10.8 Å². The van der Waals surface area contributed by atoms with Crippen molar-refractivity contribution in [3.63, 3.8) is 0 Å². The molecule has 4 nitrogen and oxygen atoms in total. The normalized spacial score (nSPS) is 11.8. The molecule has 1 unspecified atom stereocenters. The largest absolute Gasteiger partial charge is 0.481 e. The van der Waals surface area contributed by atoms with E-state index in [9.17, 15) is 4.79 Å². The van der Waals surface area contributed by atoms with Gasteiger partial charge >= 0.3 is 5.97 Å². The number of carbonyl (C=O) groups is 1. The third-order valence-corrected chi connectivity index (χ3v) is 2.20. The Labute approximate surface area is 87.9 Å². The summed E-state index contributed by atoms with van der Waals surface area (Å²) >= 11 is 0. The topological polar surface area (TPSA) is 87.1 Å². The molecular formula is C11H12N2O2. The van der Waals surface area contributed by atoms with Gasteiger partial charge in [0.15, 0.2) is 0 Å². The standard InChI is InChI=1S/C11H12N2O2/c1-7-2-3-8(4-9(7)6-12)10(13)5-11(14)15/h2-4,10H,5,13H2,1H3,(H,14,15). The summed E-state index contributed by atoms with van der Waals surface area (Å²) < 4.78 is 0. The van der Waals surface area contributed by atoms with Crippen LogP contribution in [0.3, 0.4) is 0 Å². The lowest BCUT2D eigenvalue weighted by molar-refractivity contribution is -0.137. The Kier molecular flexibility index (Phi) is 3.42. The summed E-state index contributed by atoms with van der Waals surface area (Å²) in [4.78, 5) is 10.5. The third-order valence-electron chi connectivity index (χ3n) is 2.20. The maximum Gasteiger partial charge on any atom is 0.305 e. The van der Waals surface area contributed by atoms with Crippen molar-refractivity contribution in [2.24, 2.45) is 5.73 Å². The van der Waals surface area contributed by atoms with Crippen molar-refractivity contribution in [2.75, 3.05) is 0 Å².